The average molecular weight is 325 g/mol. The molecule has 1 aliphatic heterocycles. The number of benzene rings is 1. The summed E-state index contributed by atoms with van der Waals surface area (Å²) in [5, 5.41) is 4.09. The summed E-state index contributed by atoms with van der Waals surface area (Å²) in [5.41, 5.74) is 2.42. The summed E-state index contributed by atoms with van der Waals surface area (Å²) in [7, 11) is 1.60. The summed E-state index contributed by atoms with van der Waals surface area (Å²) in [4.78, 5) is 34.6. The minimum Gasteiger partial charge on any atom is -0.497 e. The average Bonchev–Trinajstić information content (AvgIpc) is 2.91. The number of carbonyl (C=O) groups is 3. The molecular weight excluding hydrogens is 310 g/mol. The van der Waals surface area contributed by atoms with E-state index in [1.165, 1.54) is 6.08 Å². The number of hydrogen-bond donors (Lipinski definition) is 2. The molecule has 24 heavy (non-hydrogen) atoms. The van der Waals surface area contributed by atoms with E-state index < -0.39 is 17.8 Å². The first kappa shape index (κ1) is 15.5. The van der Waals surface area contributed by atoms with Gasteiger partial charge in [0, 0.05) is 17.6 Å². The molecule has 0 saturated carbocycles. The van der Waals surface area contributed by atoms with E-state index in [0.29, 0.717) is 5.56 Å². The Bertz CT molecular complexity index is 840. The highest BCUT2D eigenvalue weighted by molar-refractivity contribution is 6.31. The van der Waals surface area contributed by atoms with E-state index in [9.17, 15) is 14.4 Å². The maximum Gasteiger partial charge on any atom is 0.328 e. The predicted molar refractivity (Wildman–Crippen MR) is 86.7 cm³/mol. The summed E-state index contributed by atoms with van der Waals surface area (Å²) in [6.45, 7) is 1.91. The molecule has 1 aromatic heterocycles. The smallest absolute Gasteiger partial charge is 0.328 e. The van der Waals surface area contributed by atoms with Crippen LogP contribution in [0.5, 0.6) is 5.75 Å². The Morgan fingerprint density at radius 3 is 2.25 bits per heavy atom. The van der Waals surface area contributed by atoms with Crippen molar-refractivity contribution in [2.75, 3.05) is 7.11 Å². The molecule has 122 valence electrons. The lowest BCUT2D eigenvalue weighted by Gasteiger charge is -2.13. The molecule has 0 spiro atoms. The summed E-state index contributed by atoms with van der Waals surface area (Å²) in [5.74, 6) is -0.664. The molecule has 0 unspecified atom stereocenters. The van der Waals surface area contributed by atoms with E-state index in [-0.39, 0.29) is 5.57 Å². The van der Waals surface area contributed by atoms with Gasteiger partial charge in [0.1, 0.15) is 11.3 Å². The van der Waals surface area contributed by atoms with Crippen molar-refractivity contribution in [3.05, 3.63) is 53.4 Å². The number of rotatable bonds is 3. The van der Waals surface area contributed by atoms with Gasteiger partial charge in [0.15, 0.2) is 0 Å². The lowest BCUT2D eigenvalue weighted by Crippen LogP contribution is -2.51. The maximum atomic E-state index is 11.8. The van der Waals surface area contributed by atoms with E-state index in [0.717, 1.165) is 17.1 Å². The molecule has 2 aromatic rings. The number of carbonyl (C=O) groups excluding carboxylic acids is 3. The summed E-state index contributed by atoms with van der Waals surface area (Å²) < 4.78 is 7.06. The Morgan fingerprint density at radius 1 is 1.04 bits per heavy atom. The number of aryl methyl sites for hydroxylation is 1. The lowest BCUT2D eigenvalue weighted by molar-refractivity contribution is -0.123. The summed E-state index contributed by atoms with van der Waals surface area (Å²) >= 11 is 0. The fourth-order valence-corrected chi connectivity index (χ4v) is 2.47. The molecule has 0 aliphatic carbocycles. The number of urea groups is 1. The number of imide groups is 2. The second-order valence-corrected chi connectivity index (χ2v) is 5.28. The van der Waals surface area contributed by atoms with Gasteiger partial charge in [-0.25, -0.2) is 4.79 Å². The van der Waals surface area contributed by atoms with Crippen molar-refractivity contribution in [2.24, 2.45) is 0 Å². The largest absolute Gasteiger partial charge is 0.497 e. The van der Waals surface area contributed by atoms with Gasteiger partial charge in [0.05, 0.1) is 7.11 Å². The molecule has 7 nitrogen and oxygen atoms in total. The van der Waals surface area contributed by atoms with Crippen LogP contribution in [0.25, 0.3) is 11.8 Å². The first-order valence-electron chi connectivity index (χ1n) is 7.19. The Balaban J connectivity index is 1.93. The number of nitrogens with zero attached hydrogens (tertiary/aromatic N) is 1. The molecule has 4 amide bonds. The Labute approximate surface area is 137 Å². The monoisotopic (exact) mass is 325 g/mol. The second-order valence-electron chi connectivity index (χ2n) is 5.28. The summed E-state index contributed by atoms with van der Waals surface area (Å²) in [6, 6.07) is 8.53. The molecule has 7 heteroatoms. The third kappa shape index (κ3) is 2.91. The van der Waals surface area contributed by atoms with Crippen LogP contribution in [0.3, 0.4) is 0 Å². The fourth-order valence-electron chi connectivity index (χ4n) is 2.47. The van der Waals surface area contributed by atoms with Crippen molar-refractivity contribution in [3.8, 4) is 11.4 Å². The topological polar surface area (TPSA) is 89.4 Å². The van der Waals surface area contributed by atoms with Gasteiger partial charge in [-0.1, -0.05) is 0 Å². The molecule has 1 aliphatic rings. The number of barbiturate groups is 1. The van der Waals surface area contributed by atoms with E-state index >= 15 is 0 Å². The summed E-state index contributed by atoms with van der Waals surface area (Å²) in [6.07, 6.45) is 3.26. The predicted octanol–water partition coefficient (Wildman–Crippen LogP) is 1.54. The SMILES string of the molecule is COc1ccc(-n2cc(C=C3C(=O)NC(=O)NC3=O)cc2C)cc1. The van der Waals surface area contributed by atoms with Gasteiger partial charge in [-0.15, -0.1) is 0 Å². The van der Waals surface area contributed by atoms with Gasteiger partial charge in [-0.05, 0) is 48.9 Å². The molecule has 3 rings (SSSR count). The number of hydrogen-bond acceptors (Lipinski definition) is 4. The minimum atomic E-state index is -0.811. The van der Waals surface area contributed by atoms with Gasteiger partial charge in [-0.2, -0.15) is 0 Å². The molecule has 1 saturated heterocycles. The molecule has 1 aromatic carbocycles. The molecule has 1 fully saturated rings. The first-order valence-corrected chi connectivity index (χ1v) is 7.19. The molecular formula is C17H15N3O4. The zero-order chi connectivity index (χ0) is 17.3. The highest BCUT2D eigenvalue weighted by Crippen LogP contribution is 2.20. The number of amides is 4. The standard InChI is InChI=1S/C17H15N3O4/c1-10-7-11(8-14-15(21)18-17(23)19-16(14)22)9-20(10)12-3-5-13(24-2)6-4-12/h3-9H,1-2H3,(H2,18,19,21,22,23). The second kappa shape index (κ2) is 6.04. The van der Waals surface area contributed by atoms with Crippen LogP contribution >= 0.6 is 0 Å². The van der Waals surface area contributed by atoms with Gasteiger partial charge in [0.25, 0.3) is 11.8 Å². The quantitative estimate of drug-likeness (QED) is 0.662. The van der Waals surface area contributed by atoms with E-state index in [1.54, 1.807) is 13.3 Å². The maximum absolute atomic E-state index is 11.8. The zero-order valence-electron chi connectivity index (χ0n) is 13.1. The van der Waals surface area contributed by atoms with Crippen LogP contribution in [-0.4, -0.2) is 29.5 Å². The van der Waals surface area contributed by atoms with Crippen LogP contribution in [-0.2, 0) is 9.59 Å². The van der Waals surface area contributed by atoms with Crippen molar-refractivity contribution in [1.29, 1.82) is 0 Å². The number of ether oxygens (including phenoxy) is 1. The van der Waals surface area contributed by atoms with E-state index in [4.69, 9.17) is 4.74 Å². The molecule has 2 N–H and O–H groups in total. The minimum absolute atomic E-state index is 0.110. The van der Waals surface area contributed by atoms with Gasteiger partial charge in [-0.3, -0.25) is 20.2 Å². The van der Waals surface area contributed by atoms with Crippen molar-refractivity contribution < 1.29 is 19.1 Å². The molecule has 2 heterocycles. The lowest BCUT2D eigenvalue weighted by atomic mass is 10.1. The fraction of sp³-hybridized carbons (Fsp3) is 0.118. The normalized spacial score (nSPS) is 14.2. The van der Waals surface area contributed by atoms with Crippen LogP contribution in [0.15, 0.2) is 42.1 Å². The van der Waals surface area contributed by atoms with Crippen LogP contribution < -0.4 is 15.4 Å². The van der Waals surface area contributed by atoms with Crippen LogP contribution in [0.4, 0.5) is 4.79 Å². The first-order chi connectivity index (χ1) is 11.5. The Kier molecular flexibility index (Phi) is 3.91. The molecule has 0 atom stereocenters. The number of aromatic nitrogens is 1. The number of nitrogens with one attached hydrogen (secondary N) is 2. The van der Waals surface area contributed by atoms with Crippen LogP contribution in [0, 0.1) is 6.92 Å². The van der Waals surface area contributed by atoms with Crippen molar-refractivity contribution in [1.82, 2.24) is 15.2 Å². The van der Waals surface area contributed by atoms with Crippen LogP contribution in [0.1, 0.15) is 11.3 Å². The van der Waals surface area contributed by atoms with Crippen molar-refractivity contribution in [3.63, 3.8) is 0 Å². The zero-order valence-corrected chi connectivity index (χ0v) is 13.1. The number of methoxy groups -OCH3 is 1. The Morgan fingerprint density at radius 2 is 1.67 bits per heavy atom. The van der Waals surface area contributed by atoms with E-state index in [2.05, 4.69) is 0 Å². The highest BCUT2D eigenvalue weighted by Gasteiger charge is 2.27. The van der Waals surface area contributed by atoms with Crippen molar-refractivity contribution >= 4 is 23.9 Å². The molecule has 0 radical (unpaired) electrons. The van der Waals surface area contributed by atoms with Crippen LogP contribution in [0.2, 0.25) is 0 Å². The van der Waals surface area contributed by atoms with Gasteiger partial charge < -0.3 is 9.30 Å². The third-order valence-electron chi connectivity index (χ3n) is 3.64. The highest BCUT2D eigenvalue weighted by atomic mass is 16.5. The van der Waals surface area contributed by atoms with E-state index in [1.807, 2.05) is 52.5 Å². The van der Waals surface area contributed by atoms with Crippen molar-refractivity contribution in [2.45, 2.75) is 6.92 Å². The Hall–Kier alpha value is -3.35. The molecule has 0 bridgehead atoms. The van der Waals surface area contributed by atoms with Gasteiger partial charge >= 0.3 is 6.03 Å². The third-order valence-corrected chi connectivity index (χ3v) is 3.64. The van der Waals surface area contributed by atoms with Gasteiger partial charge in [0.2, 0.25) is 0 Å².